The summed E-state index contributed by atoms with van der Waals surface area (Å²) in [5.41, 5.74) is 0.814. The highest BCUT2D eigenvalue weighted by Gasteiger charge is 2.50. The molecule has 1 saturated carbocycles. The molecule has 0 radical (unpaired) electrons. The molecule has 5 rings (SSSR count). The van der Waals surface area contributed by atoms with Crippen LogP contribution in [0.25, 0.3) is 10.2 Å². The van der Waals surface area contributed by atoms with Crippen molar-refractivity contribution in [2.45, 2.75) is 38.1 Å². The Kier molecular flexibility index (Phi) is 9.18. The first kappa shape index (κ1) is 25.7. The Hall–Kier alpha value is -0.960. The summed E-state index contributed by atoms with van der Waals surface area (Å²) >= 11 is 1.73. The number of morpholine rings is 1. The lowest BCUT2D eigenvalue weighted by Gasteiger charge is -2.50. The second kappa shape index (κ2) is 11.4. The molecule has 3 atom stereocenters. The van der Waals surface area contributed by atoms with E-state index in [-0.39, 0.29) is 36.1 Å². The molecule has 178 valence electrons. The molecule has 1 aromatic heterocycles. The number of hydrogen-bond acceptors (Lipinski definition) is 6. The summed E-state index contributed by atoms with van der Waals surface area (Å²) in [7, 11) is 0. The zero-order valence-electron chi connectivity index (χ0n) is 18.4. The molecule has 32 heavy (non-hydrogen) atoms. The summed E-state index contributed by atoms with van der Waals surface area (Å²) in [5.74, 6) is 0.726. The van der Waals surface area contributed by atoms with Gasteiger partial charge in [-0.25, -0.2) is 4.98 Å². The second-order valence-electron chi connectivity index (χ2n) is 8.98. The van der Waals surface area contributed by atoms with Gasteiger partial charge in [-0.1, -0.05) is 12.1 Å². The van der Waals surface area contributed by atoms with Crippen molar-refractivity contribution in [3.05, 3.63) is 29.3 Å². The predicted molar refractivity (Wildman–Crippen MR) is 134 cm³/mol. The number of fused-ring (bicyclic) bond motifs is 2. The number of carbonyl (C=O) groups excluding carboxylic acids is 1. The van der Waals surface area contributed by atoms with Crippen LogP contribution in [0.4, 0.5) is 0 Å². The summed E-state index contributed by atoms with van der Waals surface area (Å²) in [5, 5.41) is 7.91. The first-order valence-corrected chi connectivity index (χ1v) is 12.2. The molecule has 2 aliphatic heterocycles. The van der Waals surface area contributed by atoms with Gasteiger partial charge in [-0.2, -0.15) is 0 Å². The van der Waals surface area contributed by atoms with Crippen molar-refractivity contribution in [1.29, 1.82) is 0 Å². The molecular formula is C23H34Cl2N4O2S. The quantitative estimate of drug-likeness (QED) is 0.659. The fourth-order valence-electron chi connectivity index (χ4n) is 5.65. The van der Waals surface area contributed by atoms with Gasteiger partial charge in [0.1, 0.15) is 0 Å². The molecule has 9 heteroatoms. The van der Waals surface area contributed by atoms with Crippen LogP contribution in [0.3, 0.4) is 0 Å². The van der Waals surface area contributed by atoms with Crippen LogP contribution in [0.15, 0.2) is 24.3 Å². The molecule has 1 aromatic carbocycles. The number of piperidine rings is 1. The molecule has 1 amide bonds. The predicted octanol–water partition coefficient (Wildman–Crippen LogP) is 3.28. The van der Waals surface area contributed by atoms with Crippen molar-refractivity contribution in [2.24, 2.45) is 11.3 Å². The van der Waals surface area contributed by atoms with Gasteiger partial charge in [0.15, 0.2) is 0 Å². The van der Waals surface area contributed by atoms with Crippen LogP contribution in [0, 0.1) is 11.3 Å². The van der Waals surface area contributed by atoms with E-state index in [1.807, 2.05) is 6.07 Å². The van der Waals surface area contributed by atoms with Gasteiger partial charge in [0.2, 0.25) is 5.91 Å². The van der Waals surface area contributed by atoms with Gasteiger partial charge in [0.05, 0.1) is 33.9 Å². The summed E-state index contributed by atoms with van der Waals surface area (Å²) in [6, 6.07) is 8.85. The number of halogens is 2. The lowest BCUT2D eigenvalue weighted by Crippen LogP contribution is -2.60. The largest absolute Gasteiger partial charge is 0.379 e. The van der Waals surface area contributed by atoms with Gasteiger partial charge in [0.25, 0.3) is 0 Å². The monoisotopic (exact) mass is 500 g/mol. The normalized spacial score (nSPS) is 28.2. The highest BCUT2D eigenvalue weighted by atomic mass is 35.5. The van der Waals surface area contributed by atoms with E-state index in [0.717, 1.165) is 82.0 Å². The van der Waals surface area contributed by atoms with Crippen LogP contribution in [-0.4, -0.2) is 67.8 Å². The minimum absolute atomic E-state index is 0. The zero-order valence-corrected chi connectivity index (χ0v) is 20.8. The minimum atomic E-state index is -0.241. The number of hydrogen-bond donors (Lipinski definition) is 2. The lowest BCUT2D eigenvalue weighted by molar-refractivity contribution is -0.140. The number of amides is 1. The molecule has 3 heterocycles. The van der Waals surface area contributed by atoms with E-state index in [1.54, 1.807) is 11.3 Å². The Morgan fingerprint density at radius 3 is 2.88 bits per heavy atom. The van der Waals surface area contributed by atoms with Crippen molar-refractivity contribution in [3.8, 4) is 0 Å². The van der Waals surface area contributed by atoms with Crippen molar-refractivity contribution >= 4 is 52.3 Å². The number of nitrogens with zero attached hydrogens (tertiary/aromatic N) is 2. The Labute approximate surface area is 206 Å². The topological polar surface area (TPSA) is 66.5 Å². The average molecular weight is 502 g/mol. The number of ether oxygens (including phenoxy) is 1. The molecule has 2 saturated heterocycles. The first-order valence-electron chi connectivity index (χ1n) is 11.4. The van der Waals surface area contributed by atoms with Gasteiger partial charge < -0.3 is 15.4 Å². The van der Waals surface area contributed by atoms with Crippen molar-refractivity contribution in [2.75, 3.05) is 45.9 Å². The molecule has 2 N–H and O–H groups in total. The molecule has 3 fully saturated rings. The maximum atomic E-state index is 13.4. The molecule has 0 spiro atoms. The third-order valence-corrected chi connectivity index (χ3v) is 8.44. The van der Waals surface area contributed by atoms with E-state index in [4.69, 9.17) is 9.72 Å². The molecule has 1 aliphatic carbocycles. The second-order valence-corrected chi connectivity index (χ2v) is 10.1. The molecule has 6 nitrogen and oxygen atoms in total. The van der Waals surface area contributed by atoms with Crippen molar-refractivity contribution in [1.82, 2.24) is 20.5 Å². The van der Waals surface area contributed by atoms with E-state index in [9.17, 15) is 4.79 Å². The van der Waals surface area contributed by atoms with Crippen LogP contribution >= 0.6 is 36.2 Å². The van der Waals surface area contributed by atoms with Crippen molar-refractivity contribution < 1.29 is 9.53 Å². The summed E-state index contributed by atoms with van der Waals surface area (Å²) in [4.78, 5) is 20.7. The number of para-hydroxylation sites is 1. The minimum Gasteiger partial charge on any atom is -0.379 e. The number of aromatic nitrogens is 1. The standard InChI is InChI=1S/C23H32N4O2S.2ClH/c28-22(25-10-7-21-26-19-3-1-2-4-20(19)30-21)23-8-5-18(27-11-13-29-14-12-27)15-17(23)6-9-24-16-23;;/h1-4,17-18,24H,5-16H2,(H,25,28);2*1H/t17-,18+,23-;;/m1../s1. The smallest absolute Gasteiger partial charge is 0.227 e. The fraction of sp³-hybridized carbons (Fsp3) is 0.652. The Morgan fingerprint density at radius 1 is 1.25 bits per heavy atom. The number of thiazole rings is 1. The maximum absolute atomic E-state index is 13.4. The summed E-state index contributed by atoms with van der Waals surface area (Å²) in [6.07, 6.45) is 5.15. The third-order valence-electron chi connectivity index (χ3n) is 7.35. The van der Waals surface area contributed by atoms with Crippen LogP contribution < -0.4 is 10.6 Å². The van der Waals surface area contributed by atoms with Crippen LogP contribution in [0.1, 0.15) is 30.7 Å². The van der Waals surface area contributed by atoms with Gasteiger partial charge in [-0.3, -0.25) is 9.69 Å². The van der Waals surface area contributed by atoms with Gasteiger partial charge in [0, 0.05) is 38.6 Å². The van der Waals surface area contributed by atoms with E-state index in [1.165, 1.54) is 4.70 Å². The van der Waals surface area contributed by atoms with E-state index >= 15 is 0 Å². The average Bonchev–Trinajstić information content (AvgIpc) is 3.22. The fourth-order valence-corrected chi connectivity index (χ4v) is 6.62. The number of carbonyl (C=O) groups is 1. The molecule has 0 bridgehead atoms. The number of nitrogens with one attached hydrogen (secondary N) is 2. The Bertz CT molecular complexity index is 859. The molecule has 0 unspecified atom stereocenters. The van der Waals surface area contributed by atoms with E-state index in [2.05, 4.69) is 33.7 Å². The zero-order chi connectivity index (χ0) is 20.4. The molecule has 2 aromatic rings. The Balaban J connectivity index is 0.00000144. The number of rotatable bonds is 5. The Morgan fingerprint density at radius 2 is 2.06 bits per heavy atom. The van der Waals surface area contributed by atoms with E-state index < -0.39 is 0 Å². The highest BCUT2D eigenvalue weighted by Crippen LogP contribution is 2.46. The first-order chi connectivity index (χ1) is 14.7. The van der Waals surface area contributed by atoms with E-state index in [0.29, 0.717) is 18.5 Å². The SMILES string of the molecule is Cl.Cl.O=C(NCCc1nc2ccccc2s1)[C@@]12CC[C@H](N3CCOCC3)C[C@H]1CCNC2. The summed E-state index contributed by atoms with van der Waals surface area (Å²) in [6.45, 7) is 6.29. The molecular weight excluding hydrogens is 467 g/mol. The van der Waals surface area contributed by atoms with Crippen molar-refractivity contribution in [3.63, 3.8) is 0 Å². The summed E-state index contributed by atoms with van der Waals surface area (Å²) < 4.78 is 6.75. The van der Waals surface area contributed by atoms with Gasteiger partial charge in [-0.05, 0) is 50.3 Å². The van der Waals surface area contributed by atoms with Crippen LogP contribution in [0.5, 0.6) is 0 Å². The molecule has 3 aliphatic rings. The third kappa shape index (κ3) is 5.24. The maximum Gasteiger partial charge on any atom is 0.227 e. The van der Waals surface area contributed by atoms with Crippen LogP contribution in [0.2, 0.25) is 0 Å². The van der Waals surface area contributed by atoms with Gasteiger partial charge in [-0.15, -0.1) is 36.2 Å². The van der Waals surface area contributed by atoms with Gasteiger partial charge >= 0.3 is 0 Å². The number of benzene rings is 1. The highest BCUT2D eigenvalue weighted by molar-refractivity contribution is 7.18. The lowest BCUT2D eigenvalue weighted by atomic mass is 9.61. The van der Waals surface area contributed by atoms with Crippen LogP contribution in [-0.2, 0) is 16.0 Å².